The Bertz CT molecular complexity index is 570. The predicted octanol–water partition coefficient (Wildman–Crippen LogP) is 1.37. The van der Waals surface area contributed by atoms with Gasteiger partial charge in [-0.2, -0.15) is 9.36 Å². The molecule has 0 radical (unpaired) electrons. The van der Waals surface area contributed by atoms with Crippen LogP contribution < -0.4 is 15.4 Å². The number of hydrogen-bond donors (Lipinski definition) is 2. The Kier molecular flexibility index (Phi) is 4.43. The Hall–Kier alpha value is -1.99. The zero-order valence-electron chi connectivity index (χ0n) is 10.6. The molecule has 2 rings (SSSR count). The van der Waals surface area contributed by atoms with Gasteiger partial charge < -0.3 is 10.1 Å². The lowest BCUT2D eigenvalue weighted by atomic mass is 10.2. The van der Waals surface area contributed by atoms with Crippen LogP contribution in [0.5, 0.6) is 5.75 Å². The average Bonchev–Trinajstić information content (AvgIpc) is 2.87. The van der Waals surface area contributed by atoms with Gasteiger partial charge in [0, 0.05) is 17.1 Å². The SMILES string of the molecule is CNCC(=O)Nc1nc(-c2cccc(OC)c2)ns1. The van der Waals surface area contributed by atoms with Crippen molar-refractivity contribution >= 4 is 22.6 Å². The van der Waals surface area contributed by atoms with Crippen LogP contribution in [0.15, 0.2) is 24.3 Å². The Morgan fingerprint density at radius 1 is 1.47 bits per heavy atom. The van der Waals surface area contributed by atoms with Crippen LogP contribution >= 0.6 is 11.5 Å². The largest absolute Gasteiger partial charge is 0.497 e. The molecule has 1 aromatic carbocycles. The monoisotopic (exact) mass is 278 g/mol. The van der Waals surface area contributed by atoms with Crippen LogP contribution in [0.25, 0.3) is 11.4 Å². The molecule has 2 aromatic rings. The molecule has 1 heterocycles. The first-order valence-corrected chi connectivity index (χ1v) is 6.43. The number of rotatable bonds is 5. The fourth-order valence-electron chi connectivity index (χ4n) is 1.48. The van der Waals surface area contributed by atoms with E-state index in [0.717, 1.165) is 22.8 Å². The first-order chi connectivity index (χ1) is 9.22. The van der Waals surface area contributed by atoms with Crippen molar-refractivity contribution in [2.75, 3.05) is 26.0 Å². The van der Waals surface area contributed by atoms with Gasteiger partial charge >= 0.3 is 0 Å². The van der Waals surface area contributed by atoms with Crippen LogP contribution in [-0.4, -0.2) is 36.0 Å². The van der Waals surface area contributed by atoms with Gasteiger partial charge in [-0.15, -0.1) is 0 Å². The summed E-state index contributed by atoms with van der Waals surface area (Å²) in [6.07, 6.45) is 0. The van der Waals surface area contributed by atoms with Crippen LogP contribution in [0.3, 0.4) is 0 Å². The minimum atomic E-state index is -0.143. The third kappa shape index (κ3) is 3.49. The van der Waals surface area contributed by atoms with Crippen LogP contribution in [-0.2, 0) is 4.79 Å². The summed E-state index contributed by atoms with van der Waals surface area (Å²) in [6.45, 7) is 0.244. The van der Waals surface area contributed by atoms with Gasteiger partial charge in [0.05, 0.1) is 13.7 Å². The molecule has 6 nitrogen and oxygen atoms in total. The van der Waals surface area contributed by atoms with E-state index in [-0.39, 0.29) is 12.5 Å². The van der Waals surface area contributed by atoms with Gasteiger partial charge in [-0.3, -0.25) is 10.1 Å². The summed E-state index contributed by atoms with van der Waals surface area (Å²) in [5.74, 6) is 1.17. The van der Waals surface area contributed by atoms with Crippen LogP contribution in [0, 0.1) is 0 Å². The Morgan fingerprint density at radius 3 is 3.05 bits per heavy atom. The number of carbonyl (C=O) groups is 1. The van der Waals surface area contributed by atoms with Gasteiger partial charge in [-0.25, -0.2) is 0 Å². The number of amides is 1. The minimum absolute atomic E-state index is 0.143. The highest BCUT2D eigenvalue weighted by atomic mass is 32.1. The van der Waals surface area contributed by atoms with Gasteiger partial charge in [-0.1, -0.05) is 12.1 Å². The van der Waals surface area contributed by atoms with Crippen molar-refractivity contribution in [2.24, 2.45) is 0 Å². The summed E-state index contributed by atoms with van der Waals surface area (Å²) in [7, 11) is 3.32. The topological polar surface area (TPSA) is 76.1 Å². The Labute approximate surface area is 115 Å². The smallest absolute Gasteiger partial charge is 0.240 e. The van der Waals surface area contributed by atoms with Crippen LogP contribution in [0.4, 0.5) is 5.13 Å². The molecule has 0 spiro atoms. The quantitative estimate of drug-likeness (QED) is 0.864. The normalized spacial score (nSPS) is 10.2. The highest BCUT2D eigenvalue weighted by Gasteiger charge is 2.09. The molecule has 0 atom stereocenters. The number of nitrogens with zero attached hydrogens (tertiary/aromatic N) is 2. The Balaban J connectivity index is 2.13. The van der Waals surface area contributed by atoms with Gasteiger partial charge in [0.2, 0.25) is 11.0 Å². The van der Waals surface area contributed by atoms with Crippen molar-refractivity contribution in [1.29, 1.82) is 0 Å². The van der Waals surface area contributed by atoms with Gasteiger partial charge in [0.25, 0.3) is 0 Å². The maximum atomic E-state index is 11.4. The molecule has 1 amide bonds. The fourth-order valence-corrected chi connectivity index (χ4v) is 2.08. The maximum absolute atomic E-state index is 11.4. The second kappa shape index (κ2) is 6.26. The van der Waals surface area contributed by atoms with Crippen LogP contribution in [0.2, 0.25) is 0 Å². The molecule has 0 bridgehead atoms. The number of methoxy groups -OCH3 is 1. The maximum Gasteiger partial charge on any atom is 0.240 e. The third-order valence-corrected chi connectivity index (χ3v) is 2.97. The van der Waals surface area contributed by atoms with Crippen molar-refractivity contribution in [1.82, 2.24) is 14.7 Å². The second-order valence-electron chi connectivity index (χ2n) is 3.73. The molecule has 1 aromatic heterocycles. The number of likely N-dealkylation sites (N-methyl/N-ethyl adjacent to an activating group) is 1. The Morgan fingerprint density at radius 2 is 2.32 bits per heavy atom. The van der Waals surface area contributed by atoms with Crippen LogP contribution in [0.1, 0.15) is 0 Å². The molecular formula is C12H14N4O2S. The summed E-state index contributed by atoms with van der Waals surface area (Å²) in [4.78, 5) is 15.7. The molecule has 100 valence electrons. The summed E-state index contributed by atoms with van der Waals surface area (Å²) in [5.41, 5.74) is 0.852. The number of aromatic nitrogens is 2. The van der Waals surface area contributed by atoms with E-state index < -0.39 is 0 Å². The lowest BCUT2D eigenvalue weighted by Gasteiger charge is -2.01. The molecule has 0 saturated heterocycles. The van der Waals surface area contributed by atoms with E-state index in [4.69, 9.17) is 4.74 Å². The molecule has 0 aliphatic carbocycles. The van der Waals surface area contributed by atoms with E-state index in [1.165, 1.54) is 0 Å². The molecule has 0 unspecified atom stereocenters. The van der Waals surface area contributed by atoms with Crippen molar-refractivity contribution in [3.63, 3.8) is 0 Å². The van der Waals surface area contributed by atoms with Crippen molar-refractivity contribution < 1.29 is 9.53 Å². The third-order valence-electron chi connectivity index (χ3n) is 2.34. The second-order valence-corrected chi connectivity index (χ2v) is 4.49. The number of anilines is 1. The predicted molar refractivity (Wildman–Crippen MR) is 74.5 cm³/mol. The molecule has 0 aliphatic heterocycles. The molecule has 19 heavy (non-hydrogen) atoms. The van der Waals surface area contributed by atoms with Gasteiger partial charge in [-0.05, 0) is 19.2 Å². The number of benzene rings is 1. The average molecular weight is 278 g/mol. The fraction of sp³-hybridized carbons (Fsp3) is 0.250. The van der Waals surface area contributed by atoms with E-state index in [1.807, 2.05) is 24.3 Å². The van der Waals surface area contributed by atoms with Gasteiger partial charge in [0.1, 0.15) is 5.75 Å². The lowest BCUT2D eigenvalue weighted by molar-refractivity contribution is -0.115. The van der Waals surface area contributed by atoms with E-state index >= 15 is 0 Å². The van der Waals surface area contributed by atoms with Crippen molar-refractivity contribution in [2.45, 2.75) is 0 Å². The van der Waals surface area contributed by atoms with Gasteiger partial charge in [0.15, 0.2) is 5.82 Å². The molecule has 0 fully saturated rings. The molecular weight excluding hydrogens is 264 g/mol. The molecule has 0 aliphatic rings. The highest BCUT2D eigenvalue weighted by molar-refractivity contribution is 7.10. The number of ether oxygens (including phenoxy) is 1. The summed E-state index contributed by atoms with van der Waals surface area (Å²) in [5, 5.41) is 5.93. The zero-order valence-corrected chi connectivity index (χ0v) is 11.5. The highest BCUT2D eigenvalue weighted by Crippen LogP contribution is 2.24. The summed E-state index contributed by atoms with van der Waals surface area (Å²) in [6, 6.07) is 7.46. The van der Waals surface area contributed by atoms with E-state index in [9.17, 15) is 4.79 Å². The molecule has 2 N–H and O–H groups in total. The summed E-state index contributed by atoms with van der Waals surface area (Å²) >= 11 is 1.15. The zero-order chi connectivity index (χ0) is 13.7. The minimum Gasteiger partial charge on any atom is -0.497 e. The number of hydrogen-bond acceptors (Lipinski definition) is 6. The molecule has 7 heteroatoms. The molecule has 0 saturated carbocycles. The number of nitrogens with one attached hydrogen (secondary N) is 2. The van der Waals surface area contributed by atoms with E-state index in [1.54, 1.807) is 14.2 Å². The lowest BCUT2D eigenvalue weighted by Crippen LogP contribution is -2.24. The number of carbonyl (C=O) groups excluding carboxylic acids is 1. The standard InChI is InChI=1S/C12H14N4O2S/c1-13-7-10(17)14-12-15-11(16-19-12)8-4-3-5-9(6-8)18-2/h3-6,13H,7H2,1-2H3,(H,14,15,16,17). The first-order valence-electron chi connectivity index (χ1n) is 5.65. The van der Waals surface area contributed by atoms with E-state index in [0.29, 0.717) is 11.0 Å². The van der Waals surface area contributed by atoms with Crippen molar-refractivity contribution in [3.05, 3.63) is 24.3 Å². The first kappa shape index (κ1) is 13.4. The summed E-state index contributed by atoms with van der Waals surface area (Å²) < 4.78 is 9.36. The van der Waals surface area contributed by atoms with Crippen molar-refractivity contribution in [3.8, 4) is 17.1 Å². The van der Waals surface area contributed by atoms with E-state index in [2.05, 4.69) is 20.0 Å².